The number of nitrogens with two attached hydrogens (primary N) is 1. The van der Waals surface area contributed by atoms with Crippen LogP contribution in [0.4, 0.5) is 5.69 Å². The monoisotopic (exact) mass is 330 g/mol. The molecule has 1 fully saturated rings. The first kappa shape index (κ1) is 16.1. The van der Waals surface area contributed by atoms with Gasteiger partial charge in [0.25, 0.3) is 0 Å². The minimum Gasteiger partial charge on any atom is -0.399 e. The number of rotatable bonds is 3. The van der Waals surface area contributed by atoms with Gasteiger partial charge >= 0.3 is 0 Å². The molecule has 1 heterocycles. The maximum absolute atomic E-state index is 12.4. The Balaban J connectivity index is 2.16. The van der Waals surface area contributed by atoms with Crippen molar-refractivity contribution in [3.05, 3.63) is 23.2 Å². The number of nitrogens with zero attached hydrogens (tertiary/aromatic N) is 1. The Morgan fingerprint density at radius 2 is 1.81 bits per heavy atom. The predicted octanol–water partition coefficient (Wildman–Crippen LogP) is 2.10. The molecule has 0 aliphatic carbocycles. The standard InChI is InChI=1S/C14H19ClN2O3S/c15-12-6-5-11(16)9-13(12)21(19,20)10-14(18)17-7-3-1-2-4-8-17/h5-6,9H,1-4,7-8,10,16H2. The summed E-state index contributed by atoms with van der Waals surface area (Å²) >= 11 is 5.92. The molecule has 2 rings (SSSR count). The van der Waals surface area contributed by atoms with Gasteiger partial charge < -0.3 is 10.6 Å². The molecule has 0 radical (unpaired) electrons. The molecular formula is C14H19ClN2O3S. The third kappa shape index (κ3) is 4.11. The summed E-state index contributed by atoms with van der Waals surface area (Å²) in [4.78, 5) is 13.8. The average Bonchev–Trinajstić information content (AvgIpc) is 2.70. The van der Waals surface area contributed by atoms with Gasteiger partial charge in [0.2, 0.25) is 5.91 Å². The molecule has 1 aromatic rings. The van der Waals surface area contributed by atoms with Gasteiger partial charge in [0.05, 0.1) is 9.92 Å². The lowest BCUT2D eigenvalue weighted by atomic mass is 10.2. The molecule has 0 atom stereocenters. The number of likely N-dealkylation sites (tertiary alicyclic amines) is 1. The quantitative estimate of drug-likeness (QED) is 0.861. The summed E-state index contributed by atoms with van der Waals surface area (Å²) in [7, 11) is -3.78. The third-order valence-electron chi connectivity index (χ3n) is 3.56. The number of nitrogen functional groups attached to an aromatic ring is 1. The lowest BCUT2D eigenvalue weighted by molar-refractivity contribution is -0.128. The number of benzene rings is 1. The fraction of sp³-hybridized carbons (Fsp3) is 0.500. The van der Waals surface area contributed by atoms with Crippen LogP contribution in [0.15, 0.2) is 23.1 Å². The van der Waals surface area contributed by atoms with E-state index in [-0.39, 0.29) is 15.8 Å². The second kappa shape index (κ2) is 6.66. The van der Waals surface area contributed by atoms with Crippen LogP contribution >= 0.6 is 11.6 Å². The Morgan fingerprint density at radius 3 is 2.43 bits per heavy atom. The first-order valence-electron chi connectivity index (χ1n) is 6.96. The highest BCUT2D eigenvalue weighted by Crippen LogP contribution is 2.25. The first-order valence-corrected chi connectivity index (χ1v) is 8.99. The largest absolute Gasteiger partial charge is 0.399 e. The van der Waals surface area contributed by atoms with Gasteiger partial charge in [-0.3, -0.25) is 4.79 Å². The predicted molar refractivity (Wildman–Crippen MR) is 83.0 cm³/mol. The van der Waals surface area contributed by atoms with Gasteiger partial charge in [-0.25, -0.2) is 8.42 Å². The van der Waals surface area contributed by atoms with Crippen LogP contribution in [0.25, 0.3) is 0 Å². The zero-order valence-corrected chi connectivity index (χ0v) is 13.3. The van der Waals surface area contributed by atoms with Crippen molar-refractivity contribution >= 4 is 33.0 Å². The number of amides is 1. The molecule has 7 heteroatoms. The number of halogens is 1. The maximum Gasteiger partial charge on any atom is 0.238 e. The number of carbonyl (C=O) groups is 1. The Labute approximate surface area is 130 Å². The van der Waals surface area contributed by atoms with Crippen molar-refractivity contribution in [2.45, 2.75) is 30.6 Å². The van der Waals surface area contributed by atoms with Crippen molar-refractivity contribution in [3.8, 4) is 0 Å². The van der Waals surface area contributed by atoms with Crippen molar-refractivity contribution < 1.29 is 13.2 Å². The van der Waals surface area contributed by atoms with E-state index in [2.05, 4.69) is 0 Å². The Bertz CT molecular complexity index is 623. The Morgan fingerprint density at radius 1 is 1.19 bits per heavy atom. The average molecular weight is 331 g/mol. The first-order chi connectivity index (χ1) is 9.90. The highest BCUT2D eigenvalue weighted by Gasteiger charge is 2.26. The smallest absolute Gasteiger partial charge is 0.238 e. The highest BCUT2D eigenvalue weighted by atomic mass is 35.5. The molecule has 0 aromatic heterocycles. The molecule has 116 valence electrons. The van der Waals surface area contributed by atoms with Crippen molar-refractivity contribution in [3.63, 3.8) is 0 Å². The van der Waals surface area contributed by atoms with Gasteiger partial charge in [0.15, 0.2) is 9.84 Å². The zero-order chi connectivity index (χ0) is 15.5. The summed E-state index contributed by atoms with van der Waals surface area (Å²) in [6, 6.07) is 4.26. The van der Waals surface area contributed by atoms with Crippen LogP contribution in [0.5, 0.6) is 0 Å². The van der Waals surface area contributed by atoms with Crippen LogP contribution in [0.2, 0.25) is 5.02 Å². The summed E-state index contributed by atoms with van der Waals surface area (Å²) in [5.41, 5.74) is 5.91. The van der Waals surface area contributed by atoms with E-state index in [1.54, 1.807) is 4.90 Å². The minimum absolute atomic E-state index is 0.0765. The van der Waals surface area contributed by atoms with Crippen LogP contribution in [0.1, 0.15) is 25.7 Å². The molecule has 2 N–H and O–H groups in total. The topological polar surface area (TPSA) is 80.5 Å². The van der Waals surface area contributed by atoms with Gasteiger partial charge in [-0.1, -0.05) is 24.4 Å². The van der Waals surface area contributed by atoms with Gasteiger partial charge in [0, 0.05) is 18.8 Å². The number of hydrogen-bond acceptors (Lipinski definition) is 4. The molecule has 0 saturated carbocycles. The molecule has 21 heavy (non-hydrogen) atoms. The molecule has 1 aromatic carbocycles. The molecular weight excluding hydrogens is 312 g/mol. The van der Waals surface area contributed by atoms with Crippen molar-refractivity contribution in [2.75, 3.05) is 24.6 Å². The maximum atomic E-state index is 12.4. The normalized spacial score (nSPS) is 16.5. The number of hydrogen-bond donors (Lipinski definition) is 1. The Hall–Kier alpha value is -1.27. The summed E-state index contributed by atoms with van der Waals surface area (Å²) < 4.78 is 24.7. The minimum atomic E-state index is -3.78. The molecule has 0 bridgehead atoms. The molecule has 5 nitrogen and oxygen atoms in total. The van der Waals surface area contributed by atoms with Gasteiger partial charge in [-0.05, 0) is 31.0 Å². The van der Waals surface area contributed by atoms with E-state index in [1.165, 1.54) is 18.2 Å². The highest BCUT2D eigenvalue weighted by molar-refractivity contribution is 7.92. The van der Waals surface area contributed by atoms with Crippen LogP contribution < -0.4 is 5.73 Å². The molecule has 1 aliphatic rings. The van der Waals surface area contributed by atoms with E-state index in [0.717, 1.165) is 25.7 Å². The summed E-state index contributed by atoms with van der Waals surface area (Å²) in [6.07, 6.45) is 4.00. The van der Waals surface area contributed by atoms with Crippen LogP contribution in [0, 0.1) is 0 Å². The molecule has 0 spiro atoms. The molecule has 1 saturated heterocycles. The van der Waals surface area contributed by atoms with E-state index in [1.807, 2.05) is 0 Å². The summed E-state index contributed by atoms with van der Waals surface area (Å²) in [5, 5.41) is 0.0906. The number of sulfone groups is 1. The van der Waals surface area contributed by atoms with Crippen molar-refractivity contribution in [1.82, 2.24) is 4.90 Å². The fourth-order valence-corrected chi connectivity index (χ4v) is 4.22. The van der Waals surface area contributed by atoms with E-state index in [0.29, 0.717) is 18.8 Å². The number of carbonyl (C=O) groups excluding carboxylic acids is 1. The molecule has 1 amide bonds. The lowest BCUT2D eigenvalue weighted by Gasteiger charge is -2.20. The Kier molecular flexibility index (Phi) is 5.11. The van der Waals surface area contributed by atoms with Crippen molar-refractivity contribution in [2.24, 2.45) is 0 Å². The summed E-state index contributed by atoms with van der Waals surface area (Å²) in [5.74, 6) is -0.925. The van der Waals surface area contributed by atoms with Gasteiger partial charge in [-0.15, -0.1) is 0 Å². The van der Waals surface area contributed by atoms with Gasteiger partial charge in [0.1, 0.15) is 5.75 Å². The van der Waals surface area contributed by atoms with Crippen LogP contribution in [-0.2, 0) is 14.6 Å². The van der Waals surface area contributed by atoms with Gasteiger partial charge in [-0.2, -0.15) is 0 Å². The van der Waals surface area contributed by atoms with Crippen LogP contribution in [0.3, 0.4) is 0 Å². The second-order valence-electron chi connectivity index (χ2n) is 5.24. The van der Waals surface area contributed by atoms with E-state index >= 15 is 0 Å². The van der Waals surface area contributed by atoms with E-state index in [4.69, 9.17) is 17.3 Å². The lowest BCUT2D eigenvalue weighted by Crippen LogP contribution is -2.36. The zero-order valence-electron chi connectivity index (χ0n) is 11.7. The van der Waals surface area contributed by atoms with E-state index in [9.17, 15) is 13.2 Å². The van der Waals surface area contributed by atoms with Crippen LogP contribution in [-0.4, -0.2) is 38.1 Å². The third-order valence-corrected chi connectivity index (χ3v) is 5.64. The van der Waals surface area contributed by atoms with Crippen molar-refractivity contribution in [1.29, 1.82) is 0 Å². The number of anilines is 1. The second-order valence-corrected chi connectivity index (χ2v) is 7.61. The molecule has 0 unspecified atom stereocenters. The summed E-state index contributed by atoms with van der Waals surface area (Å²) in [6.45, 7) is 1.25. The molecule has 1 aliphatic heterocycles. The SMILES string of the molecule is Nc1ccc(Cl)c(S(=O)(=O)CC(=O)N2CCCCCC2)c1. The fourth-order valence-electron chi connectivity index (χ4n) is 2.41. The van der Waals surface area contributed by atoms with E-state index < -0.39 is 15.6 Å².